The van der Waals surface area contributed by atoms with Gasteiger partial charge in [-0.25, -0.2) is 0 Å². The largest absolute Gasteiger partial charge is 0.388 e. The minimum Gasteiger partial charge on any atom is -0.388 e. The van der Waals surface area contributed by atoms with Crippen LogP contribution in [0, 0.1) is 10.1 Å². The SMILES string of the molecule is O=[N+]([O-])O[C@H]1CO[C@@H]2[C@H](O)CO[C@]12S(=O)(=O)O. The summed E-state index contributed by atoms with van der Waals surface area (Å²) in [5, 5.41) is 18.4. The molecule has 0 aromatic heterocycles. The number of nitrogens with zero attached hydrogens (tertiary/aromatic N) is 1. The van der Waals surface area contributed by atoms with Gasteiger partial charge in [0.05, 0.1) is 13.2 Å². The molecule has 2 saturated heterocycles. The van der Waals surface area contributed by atoms with E-state index >= 15 is 0 Å². The lowest BCUT2D eigenvalue weighted by molar-refractivity contribution is -0.770. The fourth-order valence-corrected chi connectivity index (χ4v) is 3.24. The van der Waals surface area contributed by atoms with Crippen LogP contribution in [0.5, 0.6) is 0 Å². The predicted molar refractivity (Wildman–Crippen MR) is 47.8 cm³/mol. The van der Waals surface area contributed by atoms with Gasteiger partial charge in [-0.1, -0.05) is 0 Å². The van der Waals surface area contributed by atoms with Crippen molar-refractivity contribution in [2.24, 2.45) is 0 Å². The molecule has 2 N–H and O–H groups in total. The summed E-state index contributed by atoms with van der Waals surface area (Å²) in [6.07, 6.45) is -4.37. The molecule has 0 aromatic rings. The average molecular weight is 271 g/mol. The van der Waals surface area contributed by atoms with Gasteiger partial charge in [0.1, 0.15) is 12.2 Å². The van der Waals surface area contributed by atoms with E-state index in [9.17, 15) is 23.6 Å². The van der Waals surface area contributed by atoms with Crippen molar-refractivity contribution < 1.29 is 37.5 Å². The van der Waals surface area contributed by atoms with Gasteiger partial charge in [0.25, 0.3) is 20.1 Å². The number of aliphatic hydroxyl groups is 1. The van der Waals surface area contributed by atoms with Crippen molar-refractivity contribution in [3.05, 3.63) is 10.1 Å². The Morgan fingerprint density at radius 1 is 1.47 bits per heavy atom. The first-order chi connectivity index (χ1) is 7.79. The number of hydrogen-bond donors (Lipinski definition) is 2. The van der Waals surface area contributed by atoms with E-state index in [1.807, 2.05) is 0 Å². The van der Waals surface area contributed by atoms with Gasteiger partial charge in [0, 0.05) is 0 Å². The van der Waals surface area contributed by atoms with Crippen LogP contribution >= 0.6 is 0 Å². The van der Waals surface area contributed by atoms with E-state index in [1.54, 1.807) is 0 Å². The Hall–Kier alpha value is -1.01. The van der Waals surface area contributed by atoms with Crippen LogP contribution in [0.25, 0.3) is 0 Å². The molecule has 0 radical (unpaired) electrons. The summed E-state index contributed by atoms with van der Waals surface area (Å²) in [5.41, 5.74) is 0. The van der Waals surface area contributed by atoms with E-state index in [0.29, 0.717) is 0 Å². The lowest BCUT2D eigenvalue weighted by Gasteiger charge is -2.27. The summed E-state index contributed by atoms with van der Waals surface area (Å²) >= 11 is 0. The quantitative estimate of drug-likeness (QED) is 0.336. The molecule has 0 bridgehead atoms. The zero-order chi connectivity index (χ0) is 12.8. The smallest absolute Gasteiger partial charge is 0.300 e. The highest BCUT2D eigenvalue weighted by atomic mass is 32.2. The zero-order valence-electron chi connectivity index (χ0n) is 8.25. The van der Waals surface area contributed by atoms with Gasteiger partial charge in [0.2, 0.25) is 0 Å². The third-order valence-electron chi connectivity index (χ3n) is 2.72. The maximum absolute atomic E-state index is 11.3. The molecular weight excluding hydrogens is 262 g/mol. The Labute approximate surface area is 94.9 Å². The Bertz CT molecular complexity index is 435. The maximum atomic E-state index is 11.3. The van der Waals surface area contributed by atoms with E-state index in [2.05, 4.69) is 4.84 Å². The molecule has 2 fully saturated rings. The van der Waals surface area contributed by atoms with E-state index in [4.69, 9.17) is 14.0 Å². The third kappa shape index (κ3) is 1.66. The van der Waals surface area contributed by atoms with E-state index in [1.165, 1.54) is 0 Å². The first-order valence-electron chi connectivity index (χ1n) is 4.51. The number of aliphatic hydroxyl groups excluding tert-OH is 1. The van der Waals surface area contributed by atoms with Crippen LogP contribution < -0.4 is 0 Å². The van der Waals surface area contributed by atoms with Gasteiger partial charge in [-0.05, 0) is 0 Å². The summed E-state index contributed by atoms with van der Waals surface area (Å²) in [5.74, 6) is 0. The summed E-state index contributed by atoms with van der Waals surface area (Å²) in [4.78, 5) is 11.9. The molecule has 10 nitrogen and oxygen atoms in total. The Kier molecular flexibility index (Phi) is 2.74. The second-order valence-electron chi connectivity index (χ2n) is 3.65. The van der Waals surface area contributed by atoms with Gasteiger partial charge in [-0.3, -0.25) is 4.55 Å². The van der Waals surface area contributed by atoms with Crippen molar-refractivity contribution in [2.45, 2.75) is 23.2 Å². The summed E-state index contributed by atoms with van der Waals surface area (Å²) < 4.78 is 41.5. The minimum absolute atomic E-state index is 0.429. The maximum Gasteiger partial charge on any atom is 0.300 e. The topological polar surface area (TPSA) is 145 Å². The zero-order valence-corrected chi connectivity index (χ0v) is 9.07. The van der Waals surface area contributed by atoms with Crippen molar-refractivity contribution in [3.8, 4) is 0 Å². The van der Waals surface area contributed by atoms with E-state index in [-0.39, 0.29) is 0 Å². The first-order valence-corrected chi connectivity index (χ1v) is 5.95. The van der Waals surface area contributed by atoms with Gasteiger partial charge >= 0.3 is 0 Å². The molecule has 0 unspecified atom stereocenters. The highest BCUT2D eigenvalue weighted by Gasteiger charge is 2.69. The van der Waals surface area contributed by atoms with Crippen molar-refractivity contribution >= 4 is 10.1 Å². The molecule has 0 aliphatic carbocycles. The second-order valence-corrected chi connectivity index (χ2v) is 5.23. The van der Waals surface area contributed by atoms with Crippen molar-refractivity contribution in [2.75, 3.05) is 13.2 Å². The summed E-state index contributed by atoms with van der Waals surface area (Å²) in [7, 11) is -4.87. The molecule has 17 heavy (non-hydrogen) atoms. The number of hydrogen-bond acceptors (Lipinski definition) is 8. The molecule has 11 heteroatoms. The van der Waals surface area contributed by atoms with Crippen LogP contribution in [0.2, 0.25) is 0 Å². The lowest BCUT2D eigenvalue weighted by Crippen LogP contribution is -2.54. The Morgan fingerprint density at radius 3 is 2.65 bits per heavy atom. The molecule has 2 aliphatic rings. The number of fused-ring (bicyclic) bond motifs is 1. The van der Waals surface area contributed by atoms with Crippen molar-refractivity contribution in [1.82, 2.24) is 0 Å². The van der Waals surface area contributed by atoms with Gasteiger partial charge < -0.3 is 19.4 Å². The molecule has 0 saturated carbocycles. The van der Waals surface area contributed by atoms with Crippen LogP contribution in [0.4, 0.5) is 0 Å². The van der Waals surface area contributed by atoms with Crippen LogP contribution in [-0.4, -0.2) is 59.6 Å². The van der Waals surface area contributed by atoms with E-state index < -0.39 is 51.7 Å². The molecule has 2 rings (SSSR count). The minimum atomic E-state index is -4.87. The monoisotopic (exact) mass is 271 g/mol. The number of ether oxygens (including phenoxy) is 2. The van der Waals surface area contributed by atoms with Crippen molar-refractivity contribution in [1.29, 1.82) is 0 Å². The Morgan fingerprint density at radius 2 is 2.12 bits per heavy atom. The molecule has 0 spiro atoms. The van der Waals surface area contributed by atoms with Gasteiger partial charge in [-0.15, -0.1) is 10.1 Å². The fraction of sp³-hybridized carbons (Fsp3) is 1.00. The Balaban J connectivity index is 2.41. The highest BCUT2D eigenvalue weighted by molar-refractivity contribution is 7.87. The van der Waals surface area contributed by atoms with Crippen LogP contribution in [0.1, 0.15) is 0 Å². The summed E-state index contributed by atoms with van der Waals surface area (Å²) in [6, 6.07) is 0. The van der Waals surface area contributed by atoms with Crippen LogP contribution in [0.3, 0.4) is 0 Å². The first kappa shape index (κ1) is 12.4. The fourth-order valence-electron chi connectivity index (χ4n) is 2.06. The second kappa shape index (κ2) is 3.74. The van der Waals surface area contributed by atoms with Gasteiger partial charge in [-0.2, -0.15) is 8.42 Å². The molecule has 0 aromatic carbocycles. The molecule has 0 amide bonds. The molecule has 4 atom stereocenters. The predicted octanol–water partition coefficient (Wildman–Crippen LogP) is -2.06. The molecular formula is C6H9NO9S. The molecule has 2 heterocycles. The summed E-state index contributed by atoms with van der Waals surface area (Å²) in [6.45, 7) is -0.912. The van der Waals surface area contributed by atoms with Crippen molar-refractivity contribution in [3.63, 3.8) is 0 Å². The number of rotatable bonds is 3. The van der Waals surface area contributed by atoms with Crippen LogP contribution in [0.15, 0.2) is 0 Å². The van der Waals surface area contributed by atoms with E-state index in [0.717, 1.165) is 0 Å². The average Bonchev–Trinajstić information content (AvgIpc) is 2.67. The third-order valence-corrected chi connectivity index (χ3v) is 4.14. The van der Waals surface area contributed by atoms with Gasteiger partial charge in [0.15, 0.2) is 6.10 Å². The highest BCUT2D eigenvalue weighted by Crippen LogP contribution is 2.42. The lowest BCUT2D eigenvalue weighted by atomic mass is 10.1. The standard InChI is InChI=1S/C6H9NO9S/c8-3-1-15-6(17(11,12)13)4(16-7(9)10)2-14-5(3)6/h3-5,8H,1-2H2,(H,11,12,13)/t3-,4+,5-,6+/m1/s1. The molecule has 98 valence electrons. The van der Waals surface area contributed by atoms with Crippen LogP contribution in [-0.2, 0) is 24.4 Å². The molecule has 2 aliphatic heterocycles. The normalized spacial score (nSPS) is 41.2.